The molecule has 2 atom stereocenters. The molecule has 0 radical (unpaired) electrons. The molecular formula is C22H21FN8. The number of H-pyrrole nitrogens is 2. The number of benzene rings is 1. The van der Waals surface area contributed by atoms with Gasteiger partial charge in [-0.1, -0.05) is 6.08 Å². The lowest BCUT2D eigenvalue weighted by Crippen LogP contribution is -2.43. The largest absolute Gasteiger partial charge is 0.385 e. The quantitative estimate of drug-likeness (QED) is 0.472. The van der Waals surface area contributed by atoms with Crippen LogP contribution < -0.4 is 10.2 Å². The molecule has 2 aliphatic heterocycles. The number of anilines is 1. The molecule has 6 rings (SSSR count). The second-order valence-corrected chi connectivity index (χ2v) is 8.21. The van der Waals surface area contributed by atoms with Gasteiger partial charge in [0.05, 0.1) is 23.6 Å². The Morgan fingerprint density at radius 1 is 1.16 bits per heavy atom. The zero-order valence-corrected chi connectivity index (χ0v) is 16.9. The van der Waals surface area contributed by atoms with Crippen molar-refractivity contribution < 1.29 is 4.39 Å². The summed E-state index contributed by atoms with van der Waals surface area (Å²) in [5, 5.41) is 26.9. The molecule has 2 aliphatic rings. The molecule has 0 amide bonds. The van der Waals surface area contributed by atoms with E-state index in [1.54, 1.807) is 18.6 Å². The number of halogens is 1. The lowest BCUT2D eigenvalue weighted by Gasteiger charge is -2.35. The Labute approximate surface area is 177 Å². The molecule has 3 aromatic heterocycles. The zero-order valence-electron chi connectivity index (χ0n) is 16.9. The number of hydrogen-bond acceptors (Lipinski definition) is 6. The first kappa shape index (κ1) is 18.1. The lowest BCUT2D eigenvalue weighted by atomic mass is 9.99. The molecule has 4 aromatic rings. The molecule has 8 nitrogen and oxygen atoms in total. The monoisotopic (exact) mass is 416 g/mol. The van der Waals surface area contributed by atoms with Crippen molar-refractivity contribution in [2.75, 3.05) is 11.9 Å². The van der Waals surface area contributed by atoms with Crippen LogP contribution in [0.2, 0.25) is 0 Å². The van der Waals surface area contributed by atoms with E-state index in [-0.39, 0.29) is 5.82 Å². The van der Waals surface area contributed by atoms with Crippen LogP contribution in [0, 0.1) is 5.82 Å². The Bertz CT molecular complexity index is 1280. The number of hydrogen-bond donors (Lipinski definition) is 3. The van der Waals surface area contributed by atoms with Crippen molar-refractivity contribution in [3.8, 4) is 22.4 Å². The van der Waals surface area contributed by atoms with Gasteiger partial charge in [-0.05, 0) is 31.0 Å². The Morgan fingerprint density at radius 3 is 2.87 bits per heavy atom. The number of aromatic amines is 2. The molecular weight excluding hydrogens is 395 g/mol. The van der Waals surface area contributed by atoms with Gasteiger partial charge in [0, 0.05) is 59.5 Å². The molecule has 5 heterocycles. The molecule has 0 spiro atoms. The van der Waals surface area contributed by atoms with Crippen molar-refractivity contribution in [2.24, 2.45) is 0 Å². The van der Waals surface area contributed by atoms with E-state index >= 15 is 4.39 Å². The van der Waals surface area contributed by atoms with Crippen molar-refractivity contribution in [3.05, 3.63) is 54.4 Å². The van der Waals surface area contributed by atoms with Crippen LogP contribution in [0.1, 0.15) is 19.3 Å². The van der Waals surface area contributed by atoms with Crippen molar-refractivity contribution in [3.63, 3.8) is 0 Å². The Morgan fingerprint density at radius 2 is 2.10 bits per heavy atom. The van der Waals surface area contributed by atoms with E-state index in [0.717, 1.165) is 30.6 Å². The van der Waals surface area contributed by atoms with Crippen LogP contribution in [-0.4, -0.2) is 49.7 Å². The van der Waals surface area contributed by atoms with Crippen LogP contribution in [0.15, 0.2) is 48.6 Å². The highest BCUT2D eigenvalue weighted by Crippen LogP contribution is 2.36. The van der Waals surface area contributed by atoms with Crippen LogP contribution in [0.4, 0.5) is 10.2 Å². The maximum absolute atomic E-state index is 15.1. The smallest absolute Gasteiger partial charge is 0.151 e. The summed E-state index contributed by atoms with van der Waals surface area (Å²) < 4.78 is 15.1. The van der Waals surface area contributed by atoms with E-state index in [2.05, 4.69) is 53.9 Å². The SMILES string of the molecule is CN(c1ccc(-c2cc(F)c(-c3cn[nH]c3)c3cn[nH]c23)nn1)[C@@H]1CC2=CC[C@H](C1)N2. The first-order chi connectivity index (χ1) is 15.2. The molecule has 2 bridgehead atoms. The minimum atomic E-state index is -0.355. The van der Waals surface area contributed by atoms with Crippen LogP contribution in [0.25, 0.3) is 33.3 Å². The highest BCUT2D eigenvalue weighted by atomic mass is 19.1. The van der Waals surface area contributed by atoms with Crippen LogP contribution in [-0.2, 0) is 0 Å². The highest BCUT2D eigenvalue weighted by molar-refractivity contribution is 6.02. The molecule has 1 saturated heterocycles. The van der Waals surface area contributed by atoms with Gasteiger partial charge >= 0.3 is 0 Å². The van der Waals surface area contributed by atoms with E-state index < -0.39 is 0 Å². The van der Waals surface area contributed by atoms with E-state index in [9.17, 15) is 0 Å². The van der Waals surface area contributed by atoms with Crippen LogP contribution in [0.5, 0.6) is 0 Å². The number of rotatable bonds is 4. The summed E-state index contributed by atoms with van der Waals surface area (Å²) in [4.78, 5) is 2.19. The van der Waals surface area contributed by atoms with E-state index in [0.29, 0.717) is 39.9 Å². The maximum atomic E-state index is 15.1. The molecule has 1 aromatic carbocycles. The summed E-state index contributed by atoms with van der Waals surface area (Å²) >= 11 is 0. The summed E-state index contributed by atoms with van der Waals surface area (Å²) in [5.74, 6) is 0.457. The molecule has 0 saturated carbocycles. The Kier molecular flexibility index (Phi) is 4.02. The third-order valence-electron chi connectivity index (χ3n) is 6.36. The number of piperidine rings is 1. The van der Waals surface area contributed by atoms with Crippen LogP contribution >= 0.6 is 0 Å². The summed E-state index contributed by atoms with van der Waals surface area (Å²) in [6, 6.07) is 6.23. The van der Waals surface area contributed by atoms with E-state index in [4.69, 9.17) is 0 Å². The average molecular weight is 416 g/mol. The zero-order chi connectivity index (χ0) is 20.9. The molecule has 156 valence electrons. The first-order valence-corrected chi connectivity index (χ1v) is 10.3. The number of nitrogens with one attached hydrogen (secondary N) is 3. The number of aromatic nitrogens is 6. The fourth-order valence-corrected chi connectivity index (χ4v) is 4.73. The van der Waals surface area contributed by atoms with Crippen molar-refractivity contribution in [1.29, 1.82) is 0 Å². The van der Waals surface area contributed by atoms with Crippen molar-refractivity contribution in [2.45, 2.75) is 31.3 Å². The molecule has 1 fully saturated rings. The van der Waals surface area contributed by atoms with Gasteiger partial charge in [0.2, 0.25) is 0 Å². The van der Waals surface area contributed by atoms with Gasteiger partial charge in [0.1, 0.15) is 5.82 Å². The second-order valence-electron chi connectivity index (χ2n) is 8.21. The van der Waals surface area contributed by atoms with Gasteiger partial charge in [-0.15, -0.1) is 10.2 Å². The Hall–Kier alpha value is -3.75. The van der Waals surface area contributed by atoms with Gasteiger partial charge < -0.3 is 10.2 Å². The predicted molar refractivity (Wildman–Crippen MR) is 116 cm³/mol. The number of fused-ring (bicyclic) bond motifs is 3. The lowest BCUT2D eigenvalue weighted by molar-refractivity contribution is 0.423. The second kappa shape index (κ2) is 6.90. The van der Waals surface area contributed by atoms with Crippen molar-refractivity contribution in [1.82, 2.24) is 35.9 Å². The predicted octanol–water partition coefficient (Wildman–Crippen LogP) is 3.39. The third-order valence-corrected chi connectivity index (χ3v) is 6.36. The third kappa shape index (κ3) is 2.96. The highest BCUT2D eigenvalue weighted by Gasteiger charge is 2.30. The van der Waals surface area contributed by atoms with Gasteiger partial charge in [-0.2, -0.15) is 10.2 Å². The fraction of sp³-hybridized carbons (Fsp3) is 0.273. The van der Waals surface area contributed by atoms with Gasteiger partial charge in [0.25, 0.3) is 0 Å². The molecule has 9 heteroatoms. The molecule has 0 unspecified atom stereocenters. The normalized spacial score (nSPS) is 20.0. The van der Waals surface area contributed by atoms with Gasteiger partial charge in [-0.3, -0.25) is 10.2 Å². The van der Waals surface area contributed by atoms with Crippen molar-refractivity contribution >= 4 is 16.7 Å². The van der Waals surface area contributed by atoms with Gasteiger partial charge in [-0.25, -0.2) is 4.39 Å². The molecule has 3 N–H and O–H groups in total. The topological polar surface area (TPSA) is 98.4 Å². The minimum Gasteiger partial charge on any atom is -0.385 e. The summed E-state index contributed by atoms with van der Waals surface area (Å²) in [6.45, 7) is 0. The maximum Gasteiger partial charge on any atom is 0.151 e. The van der Waals surface area contributed by atoms with Crippen LogP contribution in [0.3, 0.4) is 0 Å². The standard InChI is InChI=1S/C22H21FN8/c1-31(15-6-13-2-3-14(7-15)27-13)20-5-4-19(28-29-20)16-8-18(23)21(12-9-24-25-10-12)17-11-26-30-22(16)17/h2,4-5,8-11,14-15,27H,3,6-7H2,1H3,(H,24,25)(H,26,30)/t14-,15-/m1/s1. The first-order valence-electron chi connectivity index (χ1n) is 10.3. The summed E-state index contributed by atoms with van der Waals surface area (Å²) in [5.41, 5.74) is 4.40. The summed E-state index contributed by atoms with van der Waals surface area (Å²) in [6.07, 6.45) is 10.4. The molecule has 31 heavy (non-hydrogen) atoms. The fourth-order valence-electron chi connectivity index (χ4n) is 4.73. The Balaban J connectivity index is 1.34. The number of nitrogens with zero attached hydrogens (tertiary/aromatic N) is 5. The van der Waals surface area contributed by atoms with Gasteiger partial charge in [0.15, 0.2) is 5.82 Å². The van der Waals surface area contributed by atoms with E-state index in [1.807, 2.05) is 12.1 Å². The minimum absolute atomic E-state index is 0.355. The summed E-state index contributed by atoms with van der Waals surface area (Å²) in [7, 11) is 2.06. The molecule has 0 aliphatic carbocycles. The average Bonchev–Trinajstić information content (AvgIpc) is 3.55. The van der Waals surface area contributed by atoms with E-state index in [1.165, 1.54) is 11.8 Å².